The van der Waals surface area contributed by atoms with Crippen LogP contribution in [0.5, 0.6) is 0 Å². The molecule has 0 saturated heterocycles. The molecule has 2 aromatic carbocycles. The van der Waals surface area contributed by atoms with Crippen molar-refractivity contribution >= 4 is 23.3 Å². The number of benzene rings is 2. The number of anilines is 1. The maximum atomic E-state index is 11.5. The Kier molecular flexibility index (Phi) is 6.30. The van der Waals surface area contributed by atoms with Crippen LogP contribution in [0.4, 0.5) is 5.82 Å². The highest BCUT2D eigenvalue weighted by atomic mass is 16.1. The predicted octanol–water partition coefficient (Wildman–Crippen LogP) is 5.43. The van der Waals surface area contributed by atoms with Crippen LogP contribution in [0.3, 0.4) is 0 Å². The van der Waals surface area contributed by atoms with E-state index in [0.717, 1.165) is 41.0 Å². The Balaban J connectivity index is 1.92. The fraction of sp³-hybridized carbons (Fsp3) is 0.308. The topological polar surface area (TPSA) is 72.7 Å². The van der Waals surface area contributed by atoms with Crippen LogP contribution in [0, 0.1) is 19.8 Å². The summed E-state index contributed by atoms with van der Waals surface area (Å²) in [4.78, 5) is 25.4. The molecule has 0 amide bonds. The molecule has 6 nitrogen and oxygen atoms in total. The number of carbonyl (C=O) groups is 1. The van der Waals surface area contributed by atoms with Crippen LogP contribution in [0.15, 0.2) is 48.5 Å². The second-order valence-electron chi connectivity index (χ2n) is 8.49. The van der Waals surface area contributed by atoms with E-state index in [-0.39, 0.29) is 5.82 Å². The Labute approximate surface area is 188 Å². The Hall–Kier alpha value is -3.54. The number of nitrogens with zero attached hydrogens (tertiary/aromatic N) is 4. The van der Waals surface area contributed by atoms with Crippen molar-refractivity contribution < 1.29 is 4.79 Å². The van der Waals surface area contributed by atoms with Gasteiger partial charge < -0.3 is 9.88 Å². The van der Waals surface area contributed by atoms with Crippen molar-refractivity contribution in [2.75, 3.05) is 11.9 Å². The summed E-state index contributed by atoms with van der Waals surface area (Å²) < 4.78 is 2.16. The van der Waals surface area contributed by atoms with E-state index in [2.05, 4.69) is 90.0 Å². The Morgan fingerprint density at radius 3 is 2.50 bits per heavy atom. The fourth-order valence-corrected chi connectivity index (χ4v) is 3.68. The van der Waals surface area contributed by atoms with Gasteiger partial charge in [0.15, 0.2) is 23.6 Å². The lowest BCUT2D eigenvalue weighted by molar-refractivity contribution is 0.111. The van der Waals surface area contributed by atoms with Gasteiger partial charge in [-0.3, -0.25) is 4.79 Å². The Morgan fingerprint density at radius 1 is 1.03 bits per heavy atom. The molecule has 0 aliphatic heterocycles. The van der Waals surface area contributed by atoms with E-state index in [1.807, 2.05) is 6.07 Å². The number of aldehydes is 1. The quantitative estimate of drug-likeness (QED) is 0.380. The summed E-state index contributed by atoms with van der Waals surface area (Å²) in [7, 11) is 0. The minimum absolute atomic E-state index is 0.139. The van der Waals surface area contributed by atoms with Crippen molar-refractivity contribution in [2.24, 2.45) is 5.92 Å². The molecule has 1 N–H and O–H groups in total. The molecule has 0 bridgehead atoms. The van der Waals surface area contributed by atoms with E-state index in [9.17, 15) is 4.79 Å². The van der Waals surface area contributed by atoms with Gasteiger partial charge in [-0.25, -0.2) is 15.0 Å². The van der Waals surface area contributed by atoms with Crippen LogP contribution in [0.25, 0.3) is 22.6 Å². The number of imidazole rings is 1. The van der Waals surface area contributed by atoms with Gasteiger partial charge in [-0.2, -0.15) is 0 Å². The van der Waals surface area contributed by atoms with Gasteiger partial charge in [0.25, 0.3) is 0 Å². The molecule has 1 atom stereocenters. The van der Waals surface area contributed by atoms with Crippen molar-refractivity contribution in [1.29, 1.82) is 0 Å². The monoisotopic (exact) mass is 427 g/mol. The number of rotatable bonds is 8. The van der Waals surface area contributed by atoms with Gasteiger partial charge in [0.05, 0.1) is 0 Å². The molecule has 0 aliphatic rings. The van der Waals surface area contributed by atoms with Gasteiger partial charge >= 0.3 is 0 Å². The highest BCUT2D eigenvalue weighted by Crippen LogP contribution is 2.29. The molecule has 0 spiro atoms. The van der Waals surface area contributed by atoms with Gasteiger partial charge in [0.2, 0.25) is 0 Å². The van der Waals surface area contributed by atoms with E-state index < -0.39 is 0 Å². The molecule has 4 aromatic rings. The molecule has 32 heavy (non-hydrogen) atoms. The van der Waals surface area contributed by atoms with Gasteiger partial charge in [-0.15, -0.1) is 0 Å². The van der Waals surface area contributed by atoms with Crippen molar-refractivity contribution in [3.05, 3.63) is 71.0 Å². The van der Waals surface area contributed by atoms with E-state index in [0.29, 0.717) is 30.2 Å². The summed E-state index contributed by atoms with van der Waals surface area (Å²) in [5, 5.41) is 3.45. The van der Waals surface area contributed by atoms with Crippen LogP contribution >= 0.6 is 0 Å². The third kappa shape index (κ3) is 4.54. The number of aryl methyl sites for hydroxylation is 2. The van der Waals surface area contributed by atoms with Gasteiger partial charge in [-0.05, 0) is 31.4 Å². The summed E-state index contributed by atoms with van der Waals surface area (Å²) >= 11 is 0. The van der Waals surface area contributed by atoms with E-state index in [1.54, 1.807) is 0 Å². The largest absolute Gasteiger partial charge is 0.368 e. The molecule has 0 aliphatic carbocycles. The number of hydrogen-bond donors (Lipinski definition) is 1. The fourth-order valence-electron chi connectivity index (χ4n) is 3.68. The zero-order chi connectivity index (χ0) is 22.7. The van der Waals surface area contributed by atoms with Gasteiger partial charge in [0.1, 0.15) is 11.3 Å². The Morgan fingerprint density at radius 2 is 1.81 bits per heavy atom. The smallest absolute Gasteiger partial charge is 0.196 e. The van der Waals surface area contributed by atoms with Crippen LogP contribution in [0.1, 0.15) is 47.6 Å². The molecule has 0 radical (unpaired) electrons. The number of carbonyl (C=O) groups excluding carboxylic acids is 1. The average molecular weight is 428 g/mol. The van der Waals surface area contributed by atoms with Crippen molar-refractivity contribution in [1.82, 2.24) is 19.5 Å². The lowest BCUT2D eigenvalue weighted by Gasteiger charge is -2.15. The molecular weight excluding hydrogens is 398 g/mol. The first-order valence-electron chi connectivity index (χ1n) is 11.1. The van der Waals surface area contributed by atoms with Crippen molar-refractivity contribution in [2.45, 2.75) is 40.7 Å². The second-order valence-corrected chi connectivity index (χ2v) is 8.49. The molecule has 0 fully saturated rings. The third-order valence-electron chi connectivity index (χ3n) is 5.78. The van der Waals surface area contributed by atoms with Gasteiger partial charge in [0, 0.05) is 18.7 Å². The summed E-state index contributed by atoms with van der Waals surface area (Å²) in [6, 6.07) is 16.8. The predicted molar refractivity (Wildman–Crippen MR) is 129 cm³/mol. The summed E-state index contributed by atoms with van der Waals surface area (Å²) in [5.41, 5.74) is 5.89. The van der Waals surface area contributed by atoms with Crippen LogP contribution in [-0.4, -0.2) is 32.3 Å². The number of hydrogen-bond acceptors (Lipinski definition) is 5. The first-order valence-corrected chi connectivity index (χ1v) is 11.1. The van der Waals surface area contributed by atoms with E-state index >= 15 is 0 Å². The maximum absolute atomic E-state index is 11.5. The first kappa shape index (κ1) is 21.7. The number of aromatic nitrogens is 4. The highest BCUT2D eigenvalue weighted by molar-refractivity contribution is 5.89. The van der Waals surface area contributed by atoms with Crippen molar-refractivity contribution in [3.63, 3.8) is 0 Å². The zero-order valence-electron chi connectivity index (χ0n) is 19.1. The van der Waals surface area contributed by atoms with Gasteiger partial charge in [-0.1, -0.05) is 73.9 Å². The van der Waals surface area contributed by atoms with Crippen LogP contribution in [-0.2, 0) is 6.54 Å². The maximum Gasteiger partial charge on any atom is 0.196 e. The molecule has 1 unspecified atom stereocenters. The molecule has 2 aromatic heterocycles. The molecule has 164 valence electrons. The normalized spacial score (nSPS) is 12.1. The second kappa shape index (κ2) is 9.30. The first-order chi connectivity index (χ1) is 15.5. The zero-order valence-corrected chi connectivity index (χ0v) is 19.1. The molecule has 4 rings (SSSR count). The minimum atomic E-state index is 0.139. The Bertz CT molecular complexity index is 1240. The number of fused-ring (bicyclic) bond motifs is 1. The standard InChI is InChI=1S/C26H29N5O/c1-5-17(2)14-27-24-23-25(29-22(16-32)28-24)30-26(21-8-6-7-19(4)13-21)31(23)15-20-11-9-18(3)10-12-20/h6-13,16-17H,5,14-15H2,1-4H3,(H,27,28,29). The average Bonchev–Trinajstić information content (AvgIpc) is 3.16. The SMILES string of the molecule is CCC(C)CNc1nc(C=O)nc2nc(-c3cccc(C)c3)n(Cc3ccc(C)cc3)c12. The van der Waals surface area contributed by atoms with E-state index in [1.165, 1.54) is 5.56 Å². The third-order valence-corrected chi connectivity index (χ3v) is 5.78. The molecule has 0 saturated carbocycles. The summed E-state index contributed by atoms with van der Waals surface area (Å²) in [6.07, 6.45) is 1.73. The lowest BCUT2D eigenvalue weighted by atomic mass is 10.1. The van der Waals surface area contributed by atoms with Crippen LogP contribution in [0.2, 0.25) is 0 Å². The lowest BCUT2D eigenvalue weighted by Crippen LogP contribution is -2.14. The van der Waals surface area contributed by atoms with Crippen LogP contribution < -0.4 is 5.32 Å². The molecular formula is C26H29N5O. The highest BCUT2D eigenvalue weighted by Gasteiger charge is 2.20. The van der Waals surface area contributed by atoms with Crippen molar-refractivity contribution in [3.8, 4) is 11.4 Å². The molecule has 6 heteroatoms. The van der Waals surface area contributed by atoms with E-state index in [4.69, 9.17) is 4.98 Å². The molecule has 2 heterocycles. The summed E-state index contributed by atoms with van der Waals surface area (Å²) in [6.45, 7) is 9.89. The summed E-state index contributed by atoms with van der Waals surface area (Å²) in [5.74, 6) is 2.08. The minimum Gasteiger partial charge on any atom is -0.368 e. The number of nitrogens with one attached hydrogen (secondary N) is 1.